The van der Waals surface area contributed by atoms with Crippen LogP contribution in [0.25, 0.3) is 0 Å². The van der Waals surface area contributed by atoms with Crippen LogP contribution in [0.3, 0.4) is 0 Å². The molecule has 0 aromatic heterocycles. The molecule has 0 heterocycles. The number of aliphatic carboxylic acids is 1. The van der Waals surface area contributed by atoms with Crippen LogP contribution in [0.1, 0.15) is 19.4 Å². The lowest BCUT2D eigenvalue weighted by Crippen LogP contribution is -2.41. The van der Waals surface area contributed by atoms with Crippen molar-refractivity contribution in [3.63, 3.8) is 0 Å². The zero-order chi connectivity index (χ0) is 15.3. The second-order valence-corrected chi connectivity index (χ2v) is 4.64. The molecule has 0 fully saturated rings. The molecule has 6 heteroatoms. The van der Waals surface area contributed by atoms with Crippen molar-refractivity contribution in [1.82, 2.24) is 4.90 Å². The number of carbonyl (C=O) groups is 2. The Labute approximate surface area is 117 Å². The molecule has 0 spiro atoms. The summed E-state index contributed by atoms with van der Waals surface area (Å²) < 4.78 is 18.3. The number of amides is 1. The predicted octanol–water partition coefficient (Wildman–Crippen LogP) is 1.70. The van der Waals surface area contributed by atoms with Gasteiger partial charge < -0.3 is 14.7 Å². The van der Waals surface area contributed by atoms with E-state index in [1.165, 1.54) is 30.2 Å². The minimum atomic E-state index is -1.08. The van der Waals surface area contributed by atoms with Gasteiger partial charge >= 0.3 is 5.97 Å². The monoisotopic (exact) mass is 283 g/mol. The molecule has 1 aromatic carbocycles. The van der Waals surface area contributed by atoms with Gasteiger partial charge in [0.25, 0.3) is 0 Å². The first-order chi connectivity index (χ1) is 9.35. The lowest BCUT2D eigenvalue weighted by Gasteiger charge is -2.25. The molecule has 0 radical (unpaired) electrons. The van der Waals surface area contributed by atoms with Crippen molar-refractivity contribution >= 4 is 11.9 Å². The number of hydrogen-bond donors (Lipinski definition) is 1. The minimum Gasteiger partial charge on any atom is -0.496 e. The highest BCUT2D eigenvalue weighted by Gasteiger charge is 2.21. The van der Waals surface area contributed by atoms with E-state index >= 15 is 0 Å². The molecular formula is C14H18FNO4. The number of rotatable bonds is 6. The molecular weight excluding hydrogens is 265 g/mol. The summed E-state index contributed by atoms with van der Waals surface area (Å²) in [6.07, 6.45) is -0.105. The standard InChI is InChI=1S/C14H18FNO4/c1-9(2)16(8-14(18)19)13(17)7-10-6-11(15)4-5-12(10)20-3/h4-6,9H,7-8H2,1-3H3,(H,18,19). The van der Waals surface area contributed by atoms with Crippen molar-refractivity contribution in [2.75, 3.05) is 13.7 Å². The lowest BCUT2D eigenvalue weighted by molar-refractivity contribution is -0.145. The number of hydrogen-bond acceptors (Lipinski definition) is 3. The van der Waals surface area contributed by atoms with Gasteiger partial charge in [-0.1, -0.05) is 0 Å². The van der Waals surface area contributed by atoms with Gasteiger partial charge in [-0.05, 0) is 32.0 Å². The van der Waals surface area contributed by atoms with E-state index in [9.17, 15) is 14.0 Å². The Balaban J connectivity index is 2.93. The molecule has 0 aliphatic carbocycles. The first-order valence-electron chi connectivity index (χ1n) is 6.18. The number of carboxylic acids is 1. The molecule has 0 saturated carbocycles. The summed E-state index contributed by atoms with van der Waals surface area (Å²) in [5.74, 6) is -1.54. The largest absolute Gasteiger partial charge is 0.496 e. The van der Waals surface area contributed by atoms with Crippen molar-refractivity contribution in [1.29, 1.82) is 0 Å². The smallest absolute Gasteiger partial charge is 0.323 e. The third-order valence-corrected chi connectivity index (χ3v) is 2.83. The van der Waals surface area contributed by atoms with Gasteiger partial charge in [0.1, 0.15) is 18.1 Å². The van der Waals surface area contributed by atoms with Crippen molar-refractivity contribution in [3.8, 4) is 5.75 Å². The predicted molar refractivity (Wildman–Crippen MR) is 71.1 cm³/mol. The van der Waals surface area contributed by atoms with Crippen LogP contribution in [-0.2, 0) is 16.0 Å². The fraction of sp³-hybridized carbons (Fsp3) is 0.429. The summed E-state index contributed by atoms with van der Waals surface area (Å²) in [6.45, 7) is 3.07. The van der Waals surface area contributed by atoms with E-state index in [1.807, 2.05) is 0 Å². The third kappa shape index (κ3) is 4.22. The van der Waals surface area contributed by atoms with Crippen LogP contribution < -0.4 is 4.74 Å². The lowest BCUT2D eigenvalue weighted by atomic mass is 10.1. The summed E-state index contributed by atoms with van der Waals surface area (Å²) in [4.78, 5) is 24.2. The fourth-order valence-corrected chi connectivity index (χ4v) is 1.85. The van der Waals surface area contributed by atoms with Crippen LogP contribution in [0, 0.1) is 5.82 Å². The Hall–Kier alpha value is -2.11. The van der Waals surface area contributed by atoms with E-state index in [0.717, 1.165) is 0 Å². The Morgan fingerprint density at radius 1 is 1.40 bits per heavy atom. The third-order valence-electron chi connectivity index (χ3n) is 2.83. The molecule has 20 heavy (non-hydrogen) atoms. The van der Waals surface area contributed by atoms with Gasteiger partial charge in [0, 0.05) is 11.6 Å². The van der Waals surface area contributed by atoms with Crippen molar-refractivity contribution in [3.05, 3.63) is 29.6 Å². The molecule has 110 valence electrons. The van der Waals surface area contributed by atoms with Gasteiger partial charge in [-0.2, -0.15) is 0 Å². The van der Waals surface area contributed by atoms with Crippen LogP contribution in [0.5, 0.6) is 5.75 Å². The van der Waals surface area contributed by atoms with Crippen LogP contribution in [-0.4, -0.2) is 41.6 Å². The van der Waals surface area contributed by atoms with Gasteiger partial charge in [0.05, 0.1) is 13.5 Å². The summed E-state index contributed by atoms with van der Waals surface area (Å²) in [5, 5.41) is 8.81. The summed E-state index contributed by atoms with van der Waals surface area (Å²) in [5.41, 5.74) is 0.397. The average Bonchev–Trinajstić information content (AvgIpc) is 2.35. The SMILES string of the molecule is COc1ccc(F)cc1CC(=O)N(CC(=O)O)C(C)C. The summed E-state index contributed by atoms with van der Waals surface area (Å²) in [7, 11) is 1.43. The van der Waals surface area contributed by atoms with Crippen molar-refractivity contribution in [2.24, 2.45) is 0 Å². The maximum Gasteiger partial charge on any atom is 0.323 e. The molecule has 1 aromatic rings. The highest BCUT2D eigenvalue weighted by atomic mass is 19.1. The van der Waals surface area contributed by atoms with Gasteiger partial charge in [-0.3, -0.25) is 9.59 Å². The normalized spacial score (nSPS) is 10.4. The van der Waals surface area contributed by atoms with Crippen LogP contribution in [0.2, 0.25) is 0 Å². The second kappa shape index (κ2) is 6.88. The topological polar surface area (TPSA) is 66.8 Å². The highest BCUT2D eigenvalue weighted by molar-refractivity contribution is 5.83. The highest BCUT2D eigenvalue weighted by Crippen LogP contribution is 2.20. The Bertz CT molecular complexity index is 502. The van der Waals surface area contributed by atoms with Crippen LogP contribution >= 0.6 is 0 Å². The van der Waals surface area contributed by atoms with E-state index < -0.39 is 11.8 Å². The van der Waals surface area contributed by atoms with Crippen LogP contribution in [0.4, 0.5) is 4.39 Å². The molecule has 0 aliphatic heterocycles. The van der Waals surface area contributed by atoms with Gasteiger partial charge in [0.15, 0.2) is 0 Å². The number of carbonyl (C=O) groups excluding carboxylic acids is 1. The Kier molecular flexibility index (Phi) is 5.49. The molecule has 0 atom stereocenters. The molecule has 0 aliphatic rings. The molecule has 0 unspecified atom stereocenters. The number of ether oxygens (including phenoxy) is 1. The van der Waals surface area contributed by atoms with Crippen LogP contribution in [0.15, 0.2) is 18.2 Å². The van der Waals surface area contributed by atoms with Crippen molar-refractivity contribution in [2.45, 2.75) is 26.3 Å². The first kappa shape index (κ1) is 15.9. The van der Waals surface area contributed by atoms with E-state index in [4.69, 9.17) is 9.84 Å². The van der Waals surface area contributed by atoms with E-state index in [2.05, 4.69) is 0 Å². The molecule has 0 saturated heterocycles. The second-order valence-electron chi connectivity index (χ2n) is 4.64. The molecule has 5 nitrogen and oxygen atoms in total. The maximum atomic E-state index is 13.2. The van der Waals surface area contributed by atoms with E-state index in [1.54, 1.807) is 13.8 Å². The number of nitrogens with zero attached hydrogens (tertiary/aromatic N) is 1. The van der Waals surface area contributed by atoms with Gasteiger partial charge in [0.2, 0.25) is 5.91 Å². The number of benzene rings is 1. The average molecular weight is 283 g/mol. The van der Waals surface area contributed by atoms with Gasteiger partial charge in [-0.25, -0.2) is 4.39 Å². The van der Waals surface area contributed by atoms with Gasteiger partial charge in [-0.15, -0.1) is 0 Å². The molecule has 1 rings (SSSR count). The quantitative estimate of drug-likeness (QED) is 0.863. The Morgan fingerprint density at radius 2 is 2.05 bits per heavy atom. The summed E-state index contributed by atoms with van der Waals surface area (Å²) in [6, 6.07) is 3.65. The molecule has 1 amide bonds. The number of halogens is 1. The molecule has 1 N–H and O–H groups in total. The van der Waals surface area contributed by atoms with E-state index in [0.29, 0.717) is 11.3 Å². The fourth-order valence-electron chi connectivity index (χ4n) is 1.85. The van der Waals surface area contributed by atoms with Crippen molar-refractivity contribution < 1.29 is 23.8 Å². The number of carboxylic acid groups (broad SMARTS) is 1. The zero-order valence-corrected chi connectivity index (χ0v) is 11.7. The minimum absolute atomic E-state index is 0.105. The molecule has 0 bridgehead atoms. The number of methoxy groups -OCH3 is 1. The maximum absolute atomic E-state index is 13.2. The zero-order valence-electron chi connectivity index (χ0n) is 11.7. The Morgan fingerprint density at radius 3 is 2.55 bits per heavy atom. The summed E-state index contributed by atoms with van der Waals surface area (Å²) >= 11 is 0. The van der Waals surface area contributed by atoms with E-state index in [-0.39, 0.29) is 24.9 Å². The first-order valence-corrected chi connectivity index (χ1v) is 6.18.